The van der Waals surface area contributed by atoms with Gasteiger partial charge in [0, 0.05) is 12.1 Å². The van der Waals surface area contributed by atoms with Crippen molar-refractivity contribution >= 4 is 11.6 Å². The minimum atomic E-state index is -4.87. The van der Waals surface area contributed by atoms with E-state index in [0.29, 0.717) is 24.2 Å². The topological polar surface area (TPSA) is 66.5 Å². The van der Waals surface area contributed by atoms with Crippen LogP contribution in [0.4, 0.5) is 18.9 Å². The highest BCUT2D eigenvalue weighted by Gasteiger charge is 2.38. The molecule has 22 heavy (non-hydrogen) atoms. The van der Waals surface area contributed by atoms with Crippen LogP contribution in [0.2, 0.25) is 0 Å². The average molecular weight is 311 g/mol. The molecule has 0 aliphatic heterocycles. The Labute approximate surface area is 125 Å². The molecule has 0 bridgehead atoms. The number of nitrogens with one attached hydrogen (secondary N) is 1. The Hall–Kier alpha value is -2.74. The van der Waals surface area contributed by atoms with Gasteiger partial charge < -0.3 is 10.1 Å². The van der Waals surface area contributed by atoms with E-state index < -0.39 is 12.1 Å². The van der Waals surface area contributed by atoms with E-state index in [4.69, 9.17) is 16.6 Å². The molecule has 0 radical (unpaired) electrons. The van der Waals surface area contributed by atoms with Gasteiger partial charge in [-0.2, -0.15) is 18.4 Å². The number of nitriles is 1. The fourth-order valence-corrected chi connectivity index (χ4v) is 1.51. The molecule has 1 aromatic carbocycles. The molecule has 116 valence electrons. The molecule has 0 aliphatic rings. The van der Waals surface area contributed by atoms with Crippen molar-refractivity contribution in [2.45, 2.75) is 19.0 Å². The van der Waals surface area contributed by atoms with E-state index in [9.17, 15) is 18.0 Å². The summed E-state index contributed by atoms with van der Waals surface area (Å²) in [5.74, 6) is -1.61. The fraction of sp³-hybridized carbons (Fsp3) is 0.357. The molecule has 0 aromatic heterocycles. The molecular formula is C14H12F3N3O2. The van der Waals surface area contributed by atoms with Crippen LogP contribution in [0.1, 0.15) is 18.4 Å². The lowest BCUT2D eigenvalue weighted by atomic mass is 10.2. The van der Waals surface area contributed by atoms with Gasteiger partial charge in [-0.1, -0.05) is 0 Å². The van der Waals surface area contributed by atoms with E-state index in [0.717, 1.165) is 0 Å². The summed E-state index contributed by atoms with van der Waals surface area (Å²) in [5, 5.41) is 10.6. The Balaban J connectivity index is 2.33. The Kier molecular flexibility index (Phi) is 6.21. The number of carbonyl (C=O) groups is 1. The van der Waals surface area contributed by atoms with Crippen molar-refractivity contribution in [3.63, 3.8) is 0 Å². The predicted octanol–water partition coefficient (Wildman–Crippen LogP) is 2.95. The highest BCUT2D eigenvalue weighted by atomic mass is 19.4. The zero-order chi connectivity index (χ0) is 16.6. The van der Waals surface area contributed by atoms with Crippen LogP contribution >= 0.6 is 0 Å². The van der Waals surface area contributed by atoms with Gasteiger partial charge in [0.25, 0.3) is 0 Å². The summed E-state index contributed by atoms with van der Waals surface area (Å²) in [5.41, 5.74) is 0.562. The minimum absolute atomic E-state index is 0.104. The first-order valence-electron chi connectivity index (χ1n) is 6.27. The van der Waals surface area contributed by atoms with Crippen LogP contribution < -0.4 is 10.1 Å². The predicted molar refractivity (Wildman–Crippen MR) is 71.2 cm³/mol. The molecular weight excluding hydrogens is 299 g/mol. The van der Waals surface area contributed by atoms with Crippen molar-refractivity contribution in [2.24, 2.45) is 0 Å². The van der Waals surface area contributed by atoms with Crippen molar-refractivity contribution in [3.8, 4) is 11.8 Å². The number of amides is 1. The highest BCUT2D eigenvalue weighted by Crippen LogP contribution is 2.23. The SMILES string of the molecule is [C-]#[N+]c1cc(C#N)cc(OCCCCNC(=O)C(F)(F)F)c1. The summed E-state index contributed by atoms with van der Waals surface area (Å²) >= 11 is 0. The standard InChI is InChI=1S/C14H12F3N3O2/c1-19-11-6-10(9-18)7-12(8-11)22-5-3-2-4-20-13(21)14(15,16)17/h6-8H,2-5H2,(H,20,21). The number of hydrogen-bond acceptors (Lipinski definition) is 3. The van der Waals surface area contributed by atoms with Crippen molar-refractivity contribution in [3.05, 3.63) is 35.2 Å². The summed E-state index contributed by atoms with van der Waals surface area (Å²) in [6.45, 7) is 7.00. The van der Waals surface area contributed by atoms with Gasteiger partial charge in [-0.25, -0.2) is 4.85 Å². The normalized spacial score (nSPS) is 10.4. The van der Waals surface area contributed by atoms with E-state index in [1.807, 2.05) is 6.07 Å². The van der Waals surface area contributed by atoms with Crippen LogP contribution in [-0.2, 0) is 4.79 Å². The van der Waals surface area contributed by atoms with E-state index >= 15 is 0 Å². The molecule has 8 heteroatoms. The number of halogens is 3. The maximum absolute atomic E-state index is 11.9. The number of nitrogens with zero attached hydrogens (tertiary/aromatic N) is 2. The van der Waals surface area contributed by atoms with Crippen LogP contribution in [0, 0.1) is 17.9 Å². The van der Waals surface area contributed by atoms with Crippen molar-refractivity contribution < 1.29 is 22.7 Å². The molecule has 1 rings (SSSR count). The van der Waals surface area contributed by atoms with Gasteiger partial charge in [0.1, 0.15) is 5.75 Å². The number of ether oxygens (including phenoxy) is 1. The second kappa shape index (κ2) is 7.89. The second-order valence-electron chi connectivity index (χ2n) is 4.25. The lowest BCUT2D eigenvalue weighted by Crippen LogP contribution is -2.37. The van der Waals surface area contributed by atoms with Crippen molar-refractivity contribution in [1.82, 2.24) is 5.32 Å². The van der Waals surface area contributed by atoms with Gasteiger partial charge >= 0.3 is 12.1 Å². The maximum Gasteiger partial charge on any atom is 0.471 e. The van der Waals surface area contributed by atoms with Crippen LogP contribution in [0.25, 0.3) is 4.85 Å². The molecule has 0 saturated heterocycles. The van der Waals surface area contributed by atoms with Crippen LogP contribution in [-0.4, -0.2) is 25.2 Å². The van der Waals surface area contributed by atoms with Gasteiger partial charge in [-0.15, -0.1) is 0 Å². The minimum Gasteiger partial charge on any atom is -0.495 e. The van der Waals surface area contributed by atoms with E-state index in [1.54, 1.807) is 5.32 Å². The highest BCUT2D eigenvalue weighted by molar-refractivity contribution is 5.81. The Morgan fingerprint density at radius 3 is 2.68 bits per heavy atom. The van der Waals surface area contributed by atoms with E-state index in [-0.39, 0.29) is 18.8 Å². The van der Waals surface area contributed by atoms with Gasteiger partial charge in [0.05, 0.1) is 19.2 Å². The first-order chi connectivity index (χ1) is 10.4. The van der Waals surface area contributed by atoms with Crippen LogP contribution in [0.5, 0.6) is 5.75 Å². The molecule has 0 unspecified atom stereocenters. The quantitative estimate of drug-likeness (QED) is 0.649. The van der Waals surface area contributed by atoms with Crippen LogP contribution in [0.15, 0.2) is 18.2 Å². The molecule has 0 spiro atoms. The first kappa shape index (κ1) is 17.3. The third-order valence-electron chi connectivity index (χ3n) is 2.53. The summed E-state index contributed by atoms with van der Waals surface area (Å²) in [4.78, 5) is 13.7. The average Bonchev–Trinajstić information content (AvgIpc) is 2.48. The monoisotopic (exact) mass is 311 g/mol. The first-order valence-corrected chi connectivity index (χ1v) is 6.27. The zero-order valence-corrected chi connectivity index (χ0v) is 11.4. The molecule has 0 fully saturated rings. The summed E-state index contributed by atoms with van der Waals surface area (Å²) < 4.78 is 41.0. The fourth-order valence-electron chi connectivity index (χ4n) is 1.51. The third-order valence-corrected chi connectivity index (χ3v) is 2.53. The lowest BCUT2D eigenvalue weighted by Gasteiger charge is -2.09. The summed E-state index contributed by atoms with van der Waals surface area (Å²) in [6, 6.07) is 6.27. The lowest BCUT2D eigenvalue weighted by molar-refractivity contribution is -0.173. The Morgan fingerprint density at radius 1 is 1.36 bits per heavy atom. The maximum atomic E-state index is 11.9. The Morgan fingerprint density at radius 2 is 2.09 bits per heavy atom. The summed E-state index contributed by atoms with van der Waals surface area (Å²) in [7, 11) is 0. The second-order valence-corrected chi connectivity index (χ2v) is 4.25. The van der Waals surface area contributed by atoms with Gasteiger partial charge in [0.15, 0.2) is 5.69 Å². The Bertz CT molecular complexity index is 583. The largest absolute Gasteiger partial charge is 0.495 e. The molecule has 5 nitrogen and oxygen atoms in total. The molecule has 1 amide bonds. The molecule has 1 aromatic rings. The van der Waals surface area contributed by atoms with Crippen molar-refractivity contribution in [1.29, 1.82) is 5.26 Å². The molecule has 0 saturated carbocycles. The smallest absolute Gasteiger partial charge is 0.471 e. The van der Waals surface area contributed by atoms with Gasteiger partial charge in [0.2, 0.25) is 0 Å². The van der Waals surface area contributed by atoms with Gasteiger partial charge in [-0.05, 0) is 31.0 Å². The van der Waals surface area contributed by atoms with Crippen molar-refractivity contribution in [2.75, 3.05) is 13.2 Å². The molecule has 0 aliphatic carbocycles. The molecule has 0 heterocycles. The van der Waals surface area contributed by atoms with Gasteiger partial charge in [-0.3, -0.25) is 4.79 Å². The number of hydrogen-bond donors (Lipinski definition) is 1. The summed E-state index contributed by atoms with van der Waals surface area (Å²) in [6.07, 6.45) is -4.14. The molecule has 0 atom stereocenters. The van der Waals surface area contributed by atoms with Crippen LogP contribution in [0.3, 0.4) is 0 Å². The number of alkyl halides is 3. The zero-order valence-electron chi connectivity index (χ0n) is 11.4. The third kappa shape index (κ3) is 5.71. The van der Waals surface area contributed by atoms with E-state index in [1.165, 1.54) is 18.2 Å². The number of carbonyl (C=O) groups excluding carboxylic acids is 1. The molecule has 1 N–H and O–H groups in total. The number of benzene rings is 1. The van der Waals surface area contributed by atoms with E-state index in [2.05, 4.69) is 4.85 Å². The number of rotatable bonds is 6. The number of unbranched alkanes of at least 4 members (excludes halogenated alkanes) is 1.